The summed E-state index contributed by atoms with van der Waals surface area (Å²) >= 11 is 5.68. The third-order valence-electron chi connectivity index (χ3n) is 2.49. The summed E-state index contributed by atoms with van der Waals surface area (Å²) in [6.45, 7) is 1.76. The summed E-state index contributed by atoms with van der Waals surface area (Å²) in [6, 6.07) is 7.20. The van der Waals surface area contributed by atoms with E-state index in [0.29, 0.717) is 17.0 Å². The molecule has 3 N–H and O–H groups in total. The van der Waals surface area contributed by atoms with Crippen molar-refractivity contribution in [3.8, 4) is 11.6 Å². The van der Waals surface area contributed by atoms with E-state index in [-0.39, 0.29) is 16.7 Å². The van der Waals surface area contributed by atoms with Gasteiger partial charge in [-0.15, -0.1) is 0 Å². The van der Waals surface area contributed by atoms with Crippen molar-refractivity contribution in [3.05, 3.63) is 52.4 Å². The smallest absolute Gasteiger partial charge is 0.230 e. The first-order chi connectivity index (χ1) is 9.51. The summed E-state index contributed by atoms with van der Waals surface area (Å²) in [5.74, 6) is -0.252. The highest BCUT2D eigenvalue weighted by Gasteiger charge is 2.12. The Bertz CT molecular complexity index is 677. The third kappa shape index (κ3) is 2.97. The molecule has 104 valence electrons. The van der Waals surface area contributed by atoms with Crippen LogP contribution in [0.1, 0.15) is 11.3 Å². The Kier molecular flexibility index (Phi) is 4.05. The Morgan fingerprint density at radius 2 is 2.15 bits per heavy atom. The van der Waals surface area contributed by atoms with Crippen LogP contribution in [0.4, 0.5) is 4.39 Å². The lowest BCUT2D eigenvalue weighted by molar-refractivity contribution is 0.318. The Hall–Kier alpha value is -2.34. The van der Waals surface area contributed by atoms with Crippen molar-refractivity contribution in [1.29, 1.82) is 0 Å². The van der Waals surface area contributed by atoms with E-state index in [9.17, 15) is 4.39 Å². The van der Waals surface area contributed by atoms with Gasteiger partial charge in [0.2, 0.25) is 5.88 Å². The maximum atomic E-state index is 13.1. The summed E-state index contributed by atoms with van der Waals surface area (Å²) in [5, 5.41) is 11.6. The maximum absolute atomic E-state index is 13.1. The molecule has 1 aromatic carbocycles. The van der Waals surface area contributed by atoms with Crippen LogP contribution in [-0.2, 0) is 0 Å². The van der Waals surface area contributed by atoms with Gasteiger partial charge in [-0.1, -0.05) is 16.8 Å². The predicted octanol–water partition coefficient (Wildman–Crippen LogP) is 3.07. The van der Waals surface area contributed by atoms with Gasteiger partial charge in [-0.2, -0.15) is 0 Å². The SMILES string of the molecule is Cc1ccc(C(N)=NO)c(Oc2ccc(F)c(Cl)c2)n1. The summed E-state index contributed by atoms with van der Waals surface area (Å²) in [4.78, 5) is 4.16. The molecule has 0 atom stereocenters. The number of rotatable bonds is 3. The minimum atomic E-state index is -0.548. The van der Waals surface area contributed by atoms with E-state index in [1.54, 1.807) is 19.1 Å². The molecular weight excluding hydrogens is 285 g/mol. The normalized spacial score (nSPS) is 11.4. The van der Waals surface area contributed by atoms with Gasteiger partial charge < -0.3 is 15.7 Å². The lowest BCUT2D eigenvalue weighted by Gasteiger charge is -2.10. The van der Waals surface area contributed by atoms with Crippen molar-refractivity contribution in [2.24, 2.45) is 10.9 Å². The summed E-state index contributed by atoms with van der Waals surface area (Å²) in [6.07, 6.45) is 0. The van der Waals surface area contributed by atoms with Crippen molar-refractivity contribution in [3.63, 3.8) is 0 Å². The maximum Gasteiger partial charge on any atom is 0.230 e. The monoisotopic (exact) mass is 295 g/mol. The Morgan fingerprint density at radius 3 is 2.80 bits per heavy atom. The van der Waals surface area contributed by atoms with Crippen LogP contribution in [0.2, 0.25) is 5.02 Å². The van der Waals surface area contributed by atoms with Crippen LogP contribution < -0.4 is 10.5 Å². The van der Waals surface area contributed by atoms with Crippen molar-refractivity contribution in [2.75, 3.05) is 0 Å². The van der Waals surface area contributed by atoms with E-state index in [1.165, 1.54) is 18.2 Å². The predicted molar refractivity (Wildman–Crippen MR) is 73.0 cm³/mol. The van der Waals surface area contributed by atoms with Crippen LogP contribution in [0.3, 0.4) is 0 Å². The van der Waals surface area contributed by atoms with E-state index in [0.717, 1.165) is 0 Å². The van der Waals surface area contributed by atoms with Crippen LogP contribution in [0.25, 0.3) is 0 Å². The molecule has 0 aliphatic rings. The standard InChI is InChI=1S/C13H11ClFN3O2/c1-7-2-4-9(12(16)18-19)13(17-7)20-8-3-5-11(15)10(14)6-8/h2-6,19H,1H3,(H2,16,18). The van der Waals surface area contributed by atoms with E-state index >= 15 is 0 Å². The number of amidine groups is 1. The Labute approximate surface area is 119 Å². The zero-order valence-corrected chi connectivity index (χ0v) is 11.2. The second kappa shape index (κ2) is 5.75. The van der Waals surface area contributed by atoms with Crippen molar-refractivity contribution < 1.29 is 14.3 Å². The van der Waals surface area contributed by atoms with Crippen LogP contribution in [0.5, 0.6) is 11.6 Å². The third-order valence-corrected chi connectivity index (χ3v) is 2.78. The zero-order valence-electron chi connectivity index (χ0n) is 10.5. The minimum absolute atomic E-state index is 0.0690. The van der Waals surface area contributed by atoms with E-state index in [2.05, 4.69) is 10.1 Å². The van der Waals surface area contributed by atoms with E-state index in [1.807, 2.05) is 0 Å². The quantitative estimate of drug-likeness (QED) is 0.395. The number of pyridine rings is 1. The van der Waals surface area contributed by atoms with E-state index in [4.69, 9.17) is 27.3 Å². The fraction of sp³-hybridized carbons (Fsp3) is 0.0769. The van der Waals surface area contributed by atoms with Crippen molar-refractivity contribution in [2.45, 2.75) is 6.92 Å². The average molecular weight is 296 g/mol. The molecular formula is C13H11ClFN3O2. The topological polar surface area (TPSA) is 80.7 Å². The van der Waals surface area contributed by atoms with Gasteiger partial charge >= 0.3 is 0 Å². The Balaban J connectivity index is 2.41. The molecule has 0 spiro atoms. The molecule has 7 heteroatoms. The van der Waals surface area contributed by atoms with Gasteiger partial charge in [0, 0.05) is 11.8 Å². The summed E-state index contributed by atoms with van der Waals surface area (Å²) < 4.78 is 18.6. The highest BCUT2D eigenvalue weighted by molar-refractivity contribution is 6.30. The molecule has 0 radical (unpaired) electrons. The highest BCUT2D eigenvalue weighted by atomic mass is 35.5. The van der Waals surface area contributed by atoms with Crippen LogP contribution in [0, 0.1) is 12.7 Å². The van der Waals surface area contributed by atoms with Gasteiger partial charge in [0.05, 0.1) is 10.6 Å². The first kappa shape index (κ1) is 14.1. The number of hydrogen-bond acceptors (Lipinski definition) is 4. The molecule has 0 saturated heterocycles. The molecule has 0 unspecified atom stereocenters. The molecule has 0 fully saturated rings. The summed E-state index contributed by atoms with van der Waals surface area (Å²) in [7, 11) is 0. The number of hydrogen-bond donors (Lipinski definition) is 2. The Morgan fingerprint density at radius 1 is 1.40 bits per heavy atom. The molecule has 2 aromatic rings. The molecule has 1 heterocycles. The van der Waals surface area contributed by atoms with E-state index < -0.39 is 5.82 Å². The van der Waals surface area contributed by atoms with Gasteiger partial charge in [0.15, 0.2) is 5.84 Å². The minimum Gasteiger partial charge on any atom is -0.438 e. The number of nitrogens with two attached hydrogens (primary N) is 1. The molecule has 2 rings (SSSR count). The average Bonchev–Trinajstić information content (AvgIpc) is 2.42. The molecule has 0 amide bonds. The second-order valence-electron chi connectivity index (χ2n) is 3.97. The second-order valence-corrected chi connectivity index (χ2v) is 4.38. The summed E-state index contributed by atoms with van der Waals surface area (Å²) in [5.41, 5.74) is 6.55. The van der Waals surface area contributed by atoms with Gasteiger partial charge in [0.1, 0.15) is 11.6 Å². The number of halogens is 2. The molecule has 0 saturated carbocycles. The number of oxime groups is 1. The lowest BCUT2D eigenvalue weighted by atomic mass is 10.2. The van der Waals surface area contributed by atoms with Gasteiger partial charge in [0.25, 0.3) is 0 Å². The number of aryl methyl sites for hydroxylation is 1. The molecule has 0 aliphatic carbocycles. The zero-order chi connectivity index (χ0) is 14.7. The van der Waals surface area contributed by atoms with Gasteiger partial charge in [-0.3, -0.25) is 0 Å². The number of ether oxygens (including phenoxy) is 1. The lowest BCUT2D eigenvalue weighted by Crippen LogP contribution is -2.15. The van der Waals surface area contributed by atoms with Crippen molar-refractivity contribution in [1.82, 2.24) is 4.98 Å². The van der Waals surface area contributed by atoms with Crippen LogP contribution in [0.15, 0.2) is 35.5 Å². The highest BCUT2D eigenvalue weighted by Crippen LogP contribution is 2.27. The van der Waals surface area contributed by atoms with Crippen molar-refractivity contribution >= 4 is 17.4 Å². The number of benzene rings is 1. The first-order valence-electron chi connectivity index (χ1n) is 5.59. The first-order valence-corrected chi connectivity index (χ1v) is 5.97. The number of aromatic nitrogens is 1. The largest absolute Gasteiger partial charge is 0.438 e. The molecule has 0 aliphatic heterocycles. The van der Waals surface area contributed by atoms with Gasteiger partial charge in [-0.25, -0.2) is 9.37 Å². The fourth-order valence-corrected chi connectivity index (χ4v) is 1.68. The number of nitrogens with zero attached hydrogens (tertiary/aromatic N) is 2. The molecule has 0 bridgehead atoms. The fourth-order valence-electron chi connectivity index (χ4n) is 1.51. The van der Waals surface area contributed by atoms with Gasteiger partial charge in [-0.05, 0) is 31.2 Å². The van der Waals surface area contributed by atoms with Crippen LogP contribution in [-0.4, -0.2) is 16.0 Å². The van der Waals surface area contributed by atoms with Crippen LogP contribution >= 0.6 is 11.6 Å². The molecule has 1 aromatic heterocycles. The molecule has 5 nitrogen and oxygen atoms in total. The molecule has 20 heavy (non-hydrogen) atoms.